The summed E-state index contributed by atoms with van der Waals surface area (Å²) in [5.74, 6) is 1.02. The lowest BCUT2D eigenvalue weighted by Gasteiger charge is -2.15. The molecule has 7 nitrogen and oxygen atoms in total. The van der Waals surface area contributed by atoms with Crippen molar-refractivity contribution < 1.29 is 23.8 Å². The average Bonchev–Trinajstić information content (AvgIpc) is 3.16. The molecular formula is C16H20N2O5. The minimum Gasteiger partial charge on any atom is -0.454 e. The maximum absolute atomic E-state index is 12.2. The molecule has 0 bridgehead atoms. The maximum Gasteiger partial charge on any atom is 0.231 e. The van der Waals surface area contributed by atoms with Crippen LogP contribution in [0.2, 0.25) is 0 Å². The van der Waals surface area contributed by atoms with E-state index in [4.69, 9.17) is 14.2 Å². The fourth-order valence-corrected chi connectivity index (χ4v) is 2.75. The third-order valence-electron chi connectivity index (χ3n) is 4.05. The van der Waals surface area contributed by atoms with Crippen molar-refractivity contribution in [2.24, 2.45) is 5.92 Å². The van der Waals surface area contributed by atoms with Crippen LogP contribution < -0.4 is 14.8 Å². The average molecular weight is 320 g/mol. The molecule has 0 aromatic heterocycles. The summed E-state index contributed by atoms with van der Waals surface area (Å²) in [7, 11) is 1.59. The van der Waals surface area contributed by atoms with Crippen LogP contribution in [0, 0.1) is 5.92 Å². The molecule has 2 aliphatic heterocycles. The van der Waals surface area contributed by atoms with E-state index in [1.165, 1.54) is 0 Å². The molecule has 1 saturated heterocycles. The van der Waals surface area contributed by atoms with Crippen molar-refractivity contribution in [3.8, 4) is 11.5 Å². The number of amides is 2. The summed E-state index contributed by atoms with van der Waals surface area (Å²) in [5, 5.41) is 2.88. The molecule has 1 N–H and O–H groups in total. The van der Waals surface area contributed by atoms with Crippen molar-refractivity contribution in [1.82, 2.24) is 10.2 Å². The highest BCUT2D eigenvalue weighted by Crippen LogP contribution is 2.32. The van der Waals surface area contributed by atoms with Gasteiger partial charge in [0.25, 0.3) is 0 Å². The van der Waals surface area contributed by atoms with E-state index >= 15 is 0 Å². The van der Waals surface area contributed by atoms with Crippen LogP contribution in [-0.2, 0) is 20.9 Å². The summed E-state index contributed by atoms with van der Waals surface area (Å²) in [6.45, 7) is 2.10. The van der Waals surface area contributed by atoms with Gasteiger partial charge in [0.05, 0.1) is 12.5 Å². The van der Waals surface area contributed by atoms with Gasteiger partial charge in [-0.05, 0) is 17.7 Å². The second-order valence-corrected chi connectivity index (χ2v) is 5.64. The monoisotopic (exact) mass is 320 g/mol. The molecule has 2 aliphatic rings. The number of nitrogens with one attached hydrogen (secondary N) is 1. The van der Waals surface area contributed by atoms with E-state index in [2.05, 4.69) is 5.32 Å². The van der Waals surface area contributed by atoms with Crippen molar-refractivity contribution in [3.63, 3.8) is 0 Å². The van der Waals surface area contributed by atoms with Gasteiger partial charge in [-0.25, -0.2) is 0 Å². The van der Waals surface area contributed by atoms with Crippen LogP contribution in [-0.4, -0.2) is 50.3 Å². The Kier molecular flexibility index (Phi) is 4.66. The quantitative estimate of drug-likeness (QED) is 0.827. The van der Waals surface area contributed by atoms with E-state index in [9.17, 15) is 9.59 Å². The standard InChI is InChI=1S/C16H20N2O5/c1-21-5-4-18-9-12(7-15(18)19)16(20)17-8-11-2-3-13-14(6-11)23-10-22-13/h2-3,6,12H,4-5,7-10H2,1H3,(H,17,20). The molecule has 7 heteroatoms. The van der Waals surface area contributed by atoms with E-state index in [1.807, 2.05) is 18.2 Å². The normalized spacial score (nSPS) is 19.3. The Labute approximate surface area is 134 Å². The van der Waals surface area contributed by atoms with E-state index in [1.54, 1.807) is 12.0 Å². The van der Waals surface area contributed by atoms with Crippen LogP contribution in [0.5, 0.6) is 11.5 Å². The van der Waals surface area contributed by atoms with Gasteiger partial charge in [-0.3, -0.25) is 9.59 Å². The van der Waals surface area contributed by atoms with Gasteiger partial charge in [-0.1, -0.05) is 6.07 Å². The first kappa shape index (κ1) is 15.6. The van der Waals surface area contributed by atoms with Gasteiger partial charge in [0, 0.05) is 33.2 Å². The van der Waals surface area contributed by atoms with Gasteiger partial charge in [0.15, 0.2) is 11.5 Å². The van der Waals surface area contributed by atoms with Gasteiger partial charge in [0.2, 0.25) is 18.6 Å². The number of fused-ring (bicyclic) bond motifs is 1. The van der Waals surface area contributed by atoms with Gasteiger partial charge in [-0.15, -0.1) is 0 Å². The molecule has 0 aliphatic carbocycles. The lowest BCUT2D eigenvalue weighted by molar-refractivity contribution is -0.129. The predicted octanol–water partition coefficient (Wildman–Crippen LogP) is 0.526. The summed E-state index contributed by atoms with van der Waals surface area (Å²) >= 11 is 0. The Morgan fingerprint density at radius 1 is 1.39 bits per heavy atom. The van der Waals surface area contributed by atoms with Crippen LogP contribution in [0.4, 0.5) is 0 Å². The Balaban J connectivity index is 1.51. The topological polar surface area (TPSA) is 77.1 Å². The second-order valence-electron chi connectivity index (χ2n) is 5.64. The first-order valence-corrected chi connectivity index (χ1v) is 7.60. The van der Waals surface area contributed by atoms with E-state index in [0.29, 0.717) is 32.0 Å². The number of rotatable bonds is 6. The summed E-state index contributed by atoms with van der Waals surface area (Å²) in [4.78, 5) is 25.8. The molecule has 1 aromatic rings. The molecule has 0 saturated carbocycles. The minimum atomic E-state index is -0.298. The van der Waals surface area contributed by atoms with Crippen molar-refractivity contribution >= 4 is 11.8 Å². The van der Waals surface area contributed by atoms with Crippen LogP contribution >= 0.6 is 0 Å². The molecule has 124 valence electrons. The number of benzene rings is 1. The van der Waals surface area contributed by atoms with Gasteiger partial charge in [-0.2, -0.15) is 0 Å². The summed E-state index contributed by atoms with van der Waals surface area (Å²) in [6.07, 6.45) is 0.261. The van der Waals surface area contributed by atoms with Gasteiger partial charge >= 0.3 is 0 Å². The van der Waals surface area contributed by atoms with Crippen molar-refractivity contribution in [1.29, 1.82) is 0 Å². The van der Waals surface area contributed by atoms with E-state index in [-0.39, 0.29) is 30.9 Å². The van der Waals surface area contributed by atoms with E-state index in [0.717, 1.165) is 11.3 Å². The Morgan fingerprint density at radius 2 is 2.22 bits per heavy atom. The number of hydrogen-bond donors (Lipinski definition) is 1. The first-order valence-electron chi connectivity index (χ1n) is 7.60. The van der Waals surface area contributed by atoms with Gasteiger partial charge in [0.1, 0.15) is 0 Å². The number of methoxy groups -OCH3 is 1. The largest absolute Gasteiger partial charge is 0.454 e. The predicted molar refractivity (Wildman–Crippen MR) is 81.0 cm³/mol. The number of likely N-dealkylation sites (tertiary alicyclic amines) is 1. The highest BCUT2D eigenvalue weighted by molar-refractivity contribution is 5.89. The third-order valence-corrected chi connectivity index (χ3v) is 4.05. The zero-order valence-electron chi connectivity index (χ0n) is 13.0. The lowest BCUT2D eigenvalue weighted by Crippen LogP contribution is -2.33. The number of ether oxygens (including phenoxy) is 3. The summed E-state index contributed by atoms with van der Waals surface area (Å²) in [6, 6.07) is 5.57. The summed E-state index contributed by atoms with van der Waals surface area (Å²) in [5.41, 5.74) is 0.933. The number of nitrogens with zero attached hydrogens (tertiary/aromatic N) is 1. The fourth-order valence-electron chi connectivity index (χ4n) is 2.75. The molecular weight excluding hydrogens is 300 g/mol. The molecule has 2 heterocycles. The first-order chi connectivity index (χ1) is 11.2. The Bertz CT molecular complexity index is 604. The van der Waals surface area contributed by atoms with Crippen molar-refractivity contribution in [2.75, 3.05) is 33.6 Å². The highest BCUT2D eigenvalue weighted by atomic mass is 16.7. The minimum absolute atomic E-state index is 0.00489. The SMILES string of the molecule is COCCN1CC(C(=O)NCc2ccc3c(c2)OCO3)CC1=O. The Hall–Kier alpha value is -2.28. The van der Waals surface area contributed by atoms with Crippen molar-refractivity contribution in [3.05, 3.63) is 23.8 Å². The molecule has 0 radical (unpaired) electrons. The molecule has 1 fully saturated rings. The zero-order chi connectivity index (χ0) is 16.2. The molecule has 0 spiro atoms. The summed E-state index contributed by atoms with van der Waals surface area (Å²) < 4.78 is 15.5. The number of carbonyl (C=O) groups is 2. The molecule has 1 atom stereocenters. The third kappa shape index (κ3) is 3.56. The van der Waals surface area contributed by atoms with Gasteiger partial charge < -0.3 is 24.4 Å². The molecule has 2 amide bonds. The maximum atomic E-state index is 12.2. The second kappa shape index (κ2) is 6.87. The van der Waals surface area contributed by atoms with Crippen LogP contribution in [0.3, 0.4) is 0 Å². The number of carbonyl (C=O) groups excluding carboxylic acids is 2. The Morgan fingerprint density at radius 3 is 3.04 bits per heavy atom. The zero-order valence-corrected chi connectivity index (χ0v) is 13.0. The lowest BCUT2D eigenvalue weighted by atomic mass is 10.1. The van der Waals surface area contributed by atoms with Crippen LogP contribution in [0.1, 0.15) is 12.0 Å². The fraction of sp³-hybridized carbons (Fsp3) is 0.500. The van der Waals surface area contributed by atoms with Crippen LogP contribution in [0.25, 0.3) is 0 Å². The molecule has 1 aromatic carbocycles. The number of hydrogen-bond acceptors (Lipinski definition) is 5. The molecule has 23 heavy (non-hydrogen) atoms. The smallest absolute Gasteiger partial charge is 0.231 e. The van der Waals surface area contributed by atoms with Crippen molar-refractivity contribution in [2.45, 2.75) is 13.0 Å². The van der Waals surface area contributed by atoms with Crippen LogP contribution in [0.15, 0.2) is 18.2 Å². The molecule has 1 unspecified atom stereocenters. The highest BCUT2D eigenvalue weighted by Gasteiger charge is 2.33. The van der Waals surface area contributed by atoms with E-state index < -0.39 is 0 Å². The molecule has 3 rings (SSSR count).